The highest BCUT2D eigenvalue weighted by Crippen LogP contribution is 2.28. The first-order valence-electron chi connectivity index (χ1n) is 11.2. The molecule has 0 radical (unpaired) electrons. The van der Waals surface area contributed by atoms with Gasteiger partial charge in [0.1, 0.15) is 11.4 Å². The third kappa shape index (κ3) is 4.74. The first-order valence-corrected chi connectivity index (χ1v) is 12.1. The Morgan fingerprint density at radius 2 is 1.80 bits per heavy atom. The fourth-order valence-corrected chi connectivity index (χ4v) is 4.68. The predicted molar refractivity (Wildman–Crippen MR) is 137 cm³/mol. The van der Waals surface area contributed by atoms with Crippen LogP contribution in [0.2, 0.25) is 0 Å². The van der Waals surface area contributed by atoms with Crippen LogP contribution in [0, 0.1) is 6.92 Å². The number of carbonyl (C=O) groups is 1. The van der Waals surface area contributed by atoms with E-state index >= 15 is 0 Å². The lowest BCUT2D eigenvalue weighted by atomic mass is 10.2. The molecule has 0 aliphatic rings. The summed E-state index contributed by atoms with van der Waals surface area (Å²) in [6.07, 6.45) is 0. The van der Waals surface area contributed by atoms with Gasteiger partial charge in [0.15, 0.2) is 11.0 Å². The van der Waals surface area contributed by atoms with Crippen molar-refractivity contribution in [3.8, 4) is 22.8 Å². The van der Waals surface area contributed by atoms with Gasteiger partial charge in [-0.15, -0.1) is 10.2 Å². The number of para-hydroxylation sites is 1. The van der Waals surface area contributed by atoms with Crippen LogP contribution in [0.5, 0.6) is 5.75 Å². The zero-order valence-corrected chi connectivity index (χ0v) is 21.2. The van der Waals surface area contributed by atoms with E-state index in [-0.39, 0.29) is 17.2 Å². The van der Waals surface area contributed by atoms with Gasteiger partial charge in [0.25, 0.3) is 5.56 Å². The van der Waals surface area contributed by atoms with E-state index in [1.165, 1.54) is 16.4 Å². The highest BCUT2D eigenvalue weighted by molar-refractivity contribution is 8.00. The number of ether oxygens (including phenoxy) is 1. The van der Waals surface area contributed by atoms with E-state index in [1.54, 1.807) is 25.8 Å². The molecule has 0 spiro atoms. The number of rotatable bonds is 8. The Kier molecular flexibility index (Phi) is 7.11. The molecule has 1 N–H and O–H groups in total. The quantitative estimate of drug-likeness (QED) is 0.375. The van der Waals surface area contributed by atoms with Crippen LogP contribution in [-0.4, -0.2) is 42.4 Å². The molecule has 0 saturated heterocycles. The second kappa shape index (κ2) is 10.2. The van der Waals surface area contributed by atoms with E-state index < -0.39 is 5.25 Å². The fraction of sp³-hybridized carbons (Fsp3) is 0.280. The highest BCUT2D eigenvalue weighted by Gasteiger charge is 2.24. The minimum Gasteiger partial charge on any atom is -0.497 e. The number of hydrogen-bond acceptors (Lipinski definition) is 6. The van der Waals surface area contributed by atoms with Crippen LogP contribution in [0.3, 0.4) is 0 Å². The molecule has 4 rings (SSSR count). The zero-order chi connectivity index (χ0) is 25.1. The molecule has 0 aliphatic heterocycles. The van der Waals surface area contributed by atoms with Crippen molar-refractivity contribution in [2.24, 2.45) is 7.05 Å². The van der Waals surface area contributed by atoms with E-state index in [2.05, 4.69) is 15.5 Å². The average Bonchev–Trinajstić information content (AvgIpc) is 3.37. The number of nitrogens with zero attached hydrogens (tertiary/aromatic N) is 5. The minimum absolute atomic E-state index is 0.268. The van der Waals surface area contributed by atoms with Crippen molar-refractivity contribution in [3.63, 3.8) is 0 Å². The van der Waals surface area contributed by atoms with Crippen molar-refractivity contribution in [1.29, 1.82) is 0 Å². The topological polar surface area (TPSA) is 96.0 Å². The number of carbonyl (C=O) groups excluding carboxylic acids is 1. The Morgan fingerprint density at radius 1 is 1.11 bits per heavy atom. The third-order valence-corrected chi connectivity index (χ3v) is 6.92. The number of hydrogen-bond donors (Lipinski definition) is 1. The summed E-state index contributed by atoms with van der Waals surface area (Å²) < 4.78 is 10.5. The molecule has 2 aromatic carbocycles. The van der Waals surface area contributed by atoms with Gasteiger partial charge in [0.05, 0.1) is 23.7 Å². The largest absolute Gasteiger partial charge is 0.497 e. The second-order valence-corrected chi connectivity index (χ2v) is 9.27. The number of methoxy groups -OCH3 is 1. The number of amides is 1. The molecule has 4 aromatic rings. The molecule has 0 unspecified atom stereocenters. The van der Waals surface area contributed by atoms with Gasteiger partial charge in [-0.2, -0.15) is 0 Å². The van der Waals surface area contributed by atoms with Gasteiger partial charge in [0.2, 0.25) is 5.91 Å². The molecule has 1 atom stereocenters. The van der Waals surface area contributed by atoms with Gasteiger partial charge in [-0.3, -0.25) is 14.3 Å². The van der Waals surface area contributed by atoms with Crippen LogP contribution >= 0.6 is 11.8 Å². The number of aromatic nitrogens is 5. The summed E-state index contributed by atoms with van der Waals surface area (Å²) in [5, 5.41) is 11.6. The summed E-state index contributed by atoms with van der Waals surface area (Å²) in [5.74, 6) is 1.20. The smallest absolute Gasteiger partial charge is 0.295 e. The van der Waals surface area contributed by atoms with Crippen molar-refractivity contribution < 1.29 is 9.53 Å². The molecule has 2 aromatic heterocycles. The van der Waals surface area contributed by atoms with Crippen molar-refractivity contribution in [2.75, 3.05) is 12.4 Å². The fourth-order valence-electron chi connectivity index (χ4n) is 3.76. The predicted octanol–water partition coefficient (Wildman–Crippen LogP) is 3.89. The van der Waals surface area contributed by atoms with Gasteiger partial charge in [0, 0.05) is 19.2 Å². The summed E-state index contributed by atoms with van der Waals surface area (Å²) in [6.45, 7) is 6.24. The lowest BCUT2D eigenvalue weighted by Gasteiger charge is -2.12. The Morgan fingerprint density at radius 3 is 2.43 bits per heavy atom. The second-order valence-electron chi connectivity index (χ2n) is 7.96. The van der Waals surface area contributed by atoms with E-state index in [0.29, 0.717) is 17.4 Å². The first-order chi connectivity index (χ1) is 16.8. The molecular formula is C25H28N6O3S. The van der Waals surface area contributed by atoms with Gasteiger partial charge in [-0.1, -0.05) is 30.0 Å². The number of anilines is 1. The molecule has 0 aliphatic carbocycles. The normalized spacial score (nSPS) is 11.9. The summed E-state index contributed by atoms with van der Waals surface area (Å²) in [7, 11) is 3.42. The number of benzene rings is 2. The molecule has 1 amide bonds. The number of thioether (sulfide) groups is 1. The maximum absolute atomic E-state index is 13.1. The maximum atomic E-state index is 13.1. The number of nitrogens with one attached hydrogen (secondary N) is 1. The van der Waals surface area contributed by atoms with Gasteiger partial charge < -0.3 is 14.6 Å². The van der Waals surface area contributed by atoms with Crippen molar-refractivity contribution in [2.45, 2.75) is 37.7 Å². The van der Waals surface area contributed by atoms with E-state index in [9.17, 15) is 9.59 Å². The van der Waals surface area contributed by atoms with Crippen LogP contribution < -0.4 is 15.6 Å². The van der Waals surface area contributed by atoms with Crippen LogP contribution in [0.4, 0.5) is 5.69 Å². The maximum Gasteiger partial charge on any atom is 0.295 e. The SMILES string of the molecule is CCn1c(S[C@H](C)C(=O)Nc2c(C)n(C)n(-c3ccccc3)c2=O)nnc1-c1ccc(OC)cc1. The van der Waals surface area contributed by atoms with Gasteiger partial charge >= 0.3 is 0 Å². The highest BCUT2D eigenvalue weighted by atomic mass is 32.2. The molecule has 9 nitrogen and oxygen atoms in total. The van der Waals surface area contributed by atoms with E-state index in [1.807, 2.05) is 73.0 Å². The Hall–Kier alpha value is -3.79. The molecular weight excluding hydrogens is 464 g/mol. The van der Waals surface area contributed by atoms with E-state index in [0.717, 1.165) is 22.8 Å². The third-order valence-electron chi connectivity index (χ3n) is 5.84. The molecule has 182 valence electrons. The molecule has 0 saturated carbocycles. The van der Waals surface area contributed by atoms with Crippen molar-refractivity contribution >= 4 is 23.4 Å². The van der Waals surface area contributed by atoms with Gasteiger partial charge in [-0.25, -0.2) is 4.68 Å². The molecule has 2 heterocycles. The Bertz CT molecular complexity index is 1390. The van der Waals surface area contributed by atoms with Crippen LogP contribution in [0.25, 0.3) is 17.1 Å². The molecule has 0 bridgehead atoms. The first kappa shape index (κ1) is 24.3. The summed E-state index contributed by atoms with van der Waals surface area (Å²) >= 11 is 1.30. The zero-order valence-electron chi connectivity index (χ0n) is 20.3. The summed E-state index contributed by atoms with van der Waals surface area (Å²) in [4.78, 5) is 26.2. The van der Waals surface area contributed by atoms with Gasteiger partial charge in [-0.05, 0) is 57.2 Å². The Labute approximate surface area is 207 Å². The van der Waals surface area contributed by atoms with Crippen LogP contribution in [-0.2, 0) is 18.4 Å². The summed E-state index contributed by atoms with van der Waals surface area (Å²) in [6, 6.07) is 16.9. The van der Waals surface area contributed by atoms with Crippen LogP contribution in [0.15, 0.2) is 64.5 Å². The standard InChI is InChI=1S/C25H28N6O3S/c1-6-30-22(18-12-14-20(34-5)15-13-18)27-28-25(30)35-17(3)23(32)26-21-16(2)29(4)31(24(21)33)19-10-8-7-9-11-19/h7-15,17H,6H2,1-5H3,(H,26,32)/t17-/m1/s1. The van der Waals surface area contributed by atoms with E-state index in [4.69, 9.17) is 4.74 Å². The lowest BCUT2D eigenvalue weighted by molar-refractivity contribution is -0.115. The van der Waals surface area contributed by atoms with Crippen molar-refractivity contribution in [3.05, 3.63) is 70.6 Å². The Balaban J connectivity index is 1.54. The molecule has 0 fully saturated rings. The van der Waals surface area contributed by atoms with Crippen LogP contribution in [0.1, 0.15) is 19.5 Å². The molecule has 35 heavy (non-hydrogen) atoms. The molecule has 10 heteroatoms. The average molecular weight is 493 g/mol. The minimum atomic E-state index is -0.502. The van der Waals surface area contributed by atoms with Crippen molar-refractivity contribution in [1.82, 2.24) is 24.1 Å². The monoisotopic (exact) mass is 492 g/mol. The lowest BCUT2D eigenvalue weighted by Crippen LogP contribution is -2.27. The summed E-state index contributed by atoms with van der Waals surface area (Å²) in [5.41, 5.74) is 2.30.